The molecular weight excluding hydrogens is 160 g/mol. The van der Waals surface area contributed by atoms with Crippen LogP contribution in [0.5, 0.6) is 11.5 Å². The predicted octanol–water partition coefficient (Wildman–Crippen LogP) is 1.10. The summed E-state index contributed by atoms with van der Waals surface area (Å²) < 4.78 is 0. The molecule has 1 rings (SSSR count). The van der Waals surface area contributed by atoms with Crippen LogP contribution in [0.4, 0.5) is 0 Å². The molecule has 0 heterocycles. The van der Waals surface area contributed by atoms with Crippen molar-refractivity contribution in [3.8, 4) is 11.5 Å². The van der Waals surface area contributed by atoms with Gasteiger partial charge < -0.3 is 10.2 Å². The maximum atomic E-state index is 8.65. The van der Waals surface area contributed by atoms with Crippen molar-refractivity contribution >= 4 is 0 Å². The number of phenols is 2. The van der Waals surface area contributed by atoms with Gasteiger partial charge in [-0.3, -0.25) is 0 Å². The molecule has 0 amide bonds. The first kappa shape index (κ1) is 8.34. The molecular formula is C6H6FeO2+3. The number of hydrogen-bond donors (Lipinski definition) is 2. The maximum absolute atomic E-state index is 8.65. The molecule has 0 bridgehead atoms. The zero-order valence-electron chi connectivity index (χ0n) is 4.56. The van der Waals surface area contributed by atoms with Crippen molar-refractivity contribution in [1.82, 2.24) is 0 Å². The molecule has 1 aromatic carbocycles. The van der Waals surface area contributed by atoms with E-state index in [1.807, 2.05) is 0 Å². The van der Waals surface area contributed by atoms with Crippen LogP contribution in [0, 0.1) is 0 Å². The van der Waals surface area contributed by atoms with Crippen LogP contribution in [0.2, 0.25) is 0 Å². The second-order valence-corrected chi connectivity index (χ2v) is 1.52. The minimum absolute atomic E-state index is 0. The Morgan fingerprint density at radius 3 is 1.67 bits per heavy atom. The van der Waals surface area contributed by atoms with Crippen LogP contribution in [0.25, 0.3) is 0 Å². The fourth-order valence-electron chi connectivity index (χ4n) is 0.493. The molecule has 1 aromatic rings. The van der Waals surface area contributed by atoms with E-state index >= 15 is 0 Å². The summed E-state index contributed by atoms with van der Waals surface area (Å²) in [5.41, 5.74) is 0. The van der Waals surface area contributed by atoms with Gasteiger partial charge in [-0.25, -0.2) is 0 Å². The number of phenolic OH excluding ortho intramolecular Hbond substituents is 2. The third kappa shape index (κ3) is 2.40. The fourth-order valence-corrected chi connectivity index (χ4v) is 0.493. The molecule has 0 aliphatic rings. The average molecular weight is 166 g/mol. The van der Waals surface area contributed by atoms with Crippen LogP contribution in [-0.2, 0) is 17.1 Å². The van der Waals surface area contributed by atoms with Gasteiger partial charge in [0, 0.05) is 6.07 Å². The van der Waals surface area contributed by atoms with Crippen LogP contribution < -0.4 is 0 Å². The zero-order chi connectivity index (χ0) is 5.98. The molecule has 0 fully saturated rings. The van der Waals surface area contributed by atoms with Crippen LogP contribution in [-0.4, -0.2) is 10.2 Å². The minimum Gasteiger partial charge on any atom is -0.508 e. The summed E-state index contributed by atoms with van der Waals surface area (Å²) in [5.74, 6) is 0.176. The first-order valence-electron chi connectivity index (χ1n) is 2.27. The number of rotatable bonds is 0. The van der Waals surface area contributed by atoms with E-state index in [0.717, 1.165) is 0 Å². The molecule has 0 aliphatic carbocycles. The Kier molecular flexibility index (Phi) is 3.13. The smallest absolute Gasteiger partial charge is 0.508 e. The van der Waals surface area contributed by atoms with Gasteiger partial charge in [0.2, 0.25) is 0 Å². The van der Waals surface area contributed by atoms with Gasteiger partial charge in [-0.05, 0) is 12.1 Å². The van der Waals surface area contributed by atoms with Gasteiger partial charge in [0.05, 0.1) is 0 Å². The monoisotopic (exact) mass is 166 g/mol. The van der Waals surface area contributed by atoms with E-state index in [0.29, 0.717) is 0 Å². The van der Waals surface area contributed by atoms with Crippen LogP contribution in [0.3, 0.4) is 0 Å². The quantitative estimate of drug-likeness (QED) is 0.566. The van der Waals surface area contributed by atoms with Gasteiger partial charge in [-0.2, -0.15) is 0 Å². The summed E-state index contributed by atoms with van der Waals surface area (Å²) >= 11 is 0. The van der Waals surface area contributed by atoms with E-state index in [4.69, 9.17) is 10.2 Å². The van der Waals surface area contributed by atoms with E-state index in [1.165, 1.54) is 18.2 Å². The molecule has 0 saturated carbocycles. The number of benzene rings is 1. The van der Waals surface area contributed by atoms with E-state index in [-0.39, 0.29) is 28.6 Å². The molecule has 2 nitrogen and oxygen atoms in total. The van der Waals surface area contributed by atoms with Crippen molar-refractivity contribution in [2.75, 3.05) is 0 Å². The van der Waals surface area contributed by atoms with Gasteiger partial charge in [0.15, 0.2) is 0 Å². The summed E-state index contributed by atoms with van der Waals surface area (Å²) in [7, 11) is 0. The molecule has 3 heteroatoms. The average Bonchev–Trinajstić information content (AvgIpc) is 1.64. The Bertz CT molecular complexity index is 171. The first-order valence-corrected chi connectivity index (χ1v) is 2.27. The fraction of sp³-hybridized carbons (Fsp3) is 0. The second-order valence-electron chi connectivity index (χ2n) is 1.52. The summed E-state index contributed by atoms with van der Waals surface area (Å²) in [5, 5.41) is 17.3. The molecule has 0 spiro atoms. The largest absolute Gasteiger partial charge is 3.00 e. The Morgan fingerprint density at radius 2 is 1.44 bits per heavy atom. The third-order valence-corrected chi connectivity index (χ3v) is 0.830. The van der Waals surface area contributed by atoms with E-state index in [9.17, 15) is 0 Å². The molecule has 2 N–H and O–H groups in total. The zero-order valence-corrected chi connectivity index (χ0v) is 5.66. The Morgan fingerprint density at radius 1 is 1.00 bits per heavy atom. The van der Waals surface area contributed by atoms with Crippen molar-refractivity contribution in [2.45, 2.75) is 0 Å². The van der Waals surface area contributed by atoms with Crippen molar-refractivity contribution in [3.05, 3.63) is 24.3 Å². The Balaban J connectivity index is 0.000000640. The molecule has 9 heavy (non-hydrogen) atoms. The van der Waals surface area contributed by atoms with Gasteiger partial charge >= 0.3 is 17.1 Å². The third-order valence-electron chi connectivity index (χ3n) is 0.830. The second kappa shape index (κ2) is 3.38. The number of hydrogen-bond acceptors (Lipinski definition) is 2. The number of aromatic hydroxyl groups is 2. The van der Waals surface area contributed by atoms with Gasteiger partial charge in [0.1, 0.15) is 11.5 Å². The molecule has 1 radical (unpaired) electrons. The summed E-state index contributed by atoms with van der Waals surface area (Å²) in [6, 6.07) is 5.85. The first-order chi connectivity index (χ1) is 3.79. The molecule has 47 valence electrons. The van der Waals surface area contributed by atoms with Crippen molar-refractivity contribution in [3.63, 3.8) is 0 Å². The van der Waals surface area contributed by atoms with Crippen molar-refractivity contribution in [1.29, 1.82) is 0 Å². The van der Waals surface area contributed by atoms with Crippen LogP contribution in [0.15, 0.2) is 24.3 Å². The van der Waals surface area contributed by atoms with Gasteiger partial charge in [0.25, 0.3) is 0 Å². The summed E-state index contributed by atoms with van der Waals surface area (Å²) in [4.78, 5) is 0. The molecule has 0 atom stereocenters. The normalized spacial score (nSPS) is 8.00. The molecule has 0 aromatic heterocycles. The van der Waals surface area contributed by atoms with Crippen LogP contribution >= 0.6 is 0 Å². The Labute approximate surface area is 63.6 Å². The van der Waals surface area contributed by atoms with Crippen molar-refractivity contribution in [2.24, 2.45) is 0 Å². The summed E-state index contributed by atoms with van der Waals surface area (Å²) in [6.45, 7) is 0. The van der Waals surface area contributed by atoms with Crippen molar-refractivity contribution < 1.29 is 27.3 Å². The minimum atomic E-state index is 0. The summed E-state index contributed by atoms with van der Waals surface area (Å²) in [6.07, 6.45) is 0. The van der Waals surface area contributed by atoms with Crippen LogP contribution in [0.1, 0.15) is 0 Å². The maximum Gasteiger partial charge on any atom is 3.00 e. The standard InChI is InChI=1S/C6H6O2.Fe/c7-5-2-1-3-6(8)4-5;/h1-4,7-8H;/q;+3. The SMILES string of the molecule is Oc1cccc(O)c1.[Fe+3]. The van der Waals surface area contributed by atoms with Gasteiger partial charge in [-0.15, -0.1) is 0 Å². The van der Waals surface area contributed by atoms with E-state index in [2.05, 4.69) is 0 Å². The van der Waals surface area contributed by atoms with Gasteiger partial charge in [-0.1, -0.05) is 6.07 Å². The Hall–Kier alpha value is -0.661. The molecule has 0 unspecified atom stereocenters. The topological polar surface area (TPSA) is 40.5 Å². The van der Waals surface area contributed by atoms with E-state index in [1.54, 1.807) is 6.07 Å². The predicted molar refractivity (Wildman–Crippen MR) is 29.8 cm³/mol. The van der Waals surface area contributed by atoms with E-state index < -0.39 is 0 Å². The molecule has 0 saturated heterocycles. The molecule has 0 aliphatic heterocycles.